The molecule has 0 aliphatic carbocycles. The van der Waals surface area contributed by atoms with Crippen molar-refractivity contribution in [2.75, 3.05) is 24.7 Å². The summed E-state index contributed by atoms with van der Waals surface area (Å²) in [4.78, 5) is 0. The lowest BCUT2D eigenvalue weighted by Gasteiger charge is -2.20. The molecule has 2 N–H and O–H groups in total. The molecule has 1 aromatic rings. The number of hydrogen-bond donors (Lipinski definition) is 2. The molecule has 0 aliphatic rings. The van der Waals surface area contributed by atoms with Gasteiger partial charge in [0.1, 0.15) is 0 Å². The van der Waals surface area contributed by atoms with Crippen molar-refractivity contribution in [3.05, 3.63) is 35.4 Å². The zero-order chi connectivity index (χ0) is 13.4. The van der Waals surface area contributed by atoms with Crippen molar-refractivity contribution in [3.8, 4) is 0 Å². The molecule has 18 heavy (non-hydrogen) atoms. The van der Waals surface area contributed by atoms with E-state index in [1.807, 2.05) is 11.8 Å². The molecule has 1 rings (SSSR count). The molecule has 3 heteroatoms. The van der Waals surface area contributed by atoms with E-state index >= 15 is 0 Å². The average molecular weight is 267 g/mol. The summed E-state index contributed by atoms with van der Waals surface area (Å²) in [5, 5.41) is 12.6. The maximum Gasteiger partial charge on any atom is 0.0464 e. The topological polar surface area (TPSA) is 32.3 Å². The predicted octanol–water partition coefficient (Wildman–Crippen LogP) is 3.01. The molecular weight excluding hydrogens is 242 g/mol. The van der Waals surface area contributed by atoms with Crippen LogP contribution < -0.4 is 5.32 Å². The van der Waals surface area contributed by atoms with Gasteiger partial charge in [0, 0.05) is 18.4 Å². The van der Waals surface area contributed by atoms with E-state index in [0.717, 1.165) is 18.1 Å². The van der Waals surface area contributed by atoms with Gasteiger partial charge in [0.15, 0.2) is 0 Å². The Bertz CT molecular complexity index is 343. The minimum Gasteiger partial charge on any atom is -0.396 e. The van der Waals surface area contributed by atoms with E-state index in [4.69, 9.17) is 5.11 Å². The van der Waals surface area contributed by atoms with Gasteiger partial charge in [-0.25, -0.2) is 0 Å². The third-order valence-corrected chi connectivity index (χ3v) is 4.39. The van der Waals surface area contributed by atoms with Crippen molar-refractivity contribution in [2.24, 2.45) is 5.92 Å². The molecule has 0 radical (unpaired) electrons. The quantitative estimate of drug-likeness (QED) is 0.759. The van der Waals surface area contributed by atoms with Crippen LogP contribution >= 0.6 is 11.8 Å². The molecule has 0 spiro atoms. The molecule has 0 bridgehead atoms. The molecule has 102 valence electrons. The summed E-state index contributed by atoms with van der Waals surface area (Å²) in [6.45, 7) is 7.66. The maximum absolute atomic E-state index is 9.04. The van der Waals surface area contributed by atoms with Crippen molar-refractivity contribution >= 4 is 11.8 Å². The van der Waals surface area contributed by atoms with Crippen molar-refractivity contribution in [1.29, 1.82) is 0 Å². The van der Waals surface area contributed by atoms with E-state index < -0.39 is 0 Å². The van der Waals surface area contributed by atoms with E-state index in [9.17, 15) is 0 Å². The summed E-state index contributed by atoms with van der Waals surface area (Å²) < 4.78 is 0. The summed E-state index contributed by atoms with van der Waals surface area (Å²) in [5.74, 6) is 2.46. The first-order chi connectivity index (χ1) is 8.69. The summed E-state index contributed by atoms with van der Waals surface area (Å²) in [6, 6.07) is 8.97. The van der Waals surface area contributed by atoms with Crippen LogP contribution in [0.2, 0.25) is 0 Å². The number of aryl methyl sites for hydroxylation is 1. The minimum atomic E-state index is 0.281. The third kappa shape index (κ3) is 5.01. The van der Waals surface area contributed by atoms with Crippen LogP contribution in [0.5, 0.6) is 0 Å². The van der Waals surface area contributed by atoms with Crippen molar-refractivity contribution < 1.29 is 5.11 Å². The maximum atomic E-state index is 9.04. The highest BCUT2D eigenvalue weighted by atomic mass is 32.2. The van der Waals surface area contributed by atoms with Crippen LogP contribution in [0.25, 0.3) is 0 Å². The first-order valence-electron chi connectivity index (χ1n) is 6.66. The van der Waals surface area contributed by atoms with Gasteiger partial charge in [-0.2, -0.15) is 11.8 Å². The molecular formula is C15H25NOS. The molecule has 2 nitrogen and oxygen atoms in total. The second-order valence-corrected chi connectivity index (χ2v) is 5.87. The van der Waals surface area contributed by atoms with Crippen molar-refractivity contribution in [2.45, 2.75) is 26.8 Å². The summed E-state index contributed by atoms with van der Waals surface area (Å²) in [5.41, 5.74) is 2.74. The number of hydrogen-bond acceptors (Lipinski definition) is 3. The van der Waals surface area contributed by atoms with Gasteiger partial charge < -0.3 is 10.4 Å². The number of aliphatic hydroxyl groups is 1. The number of aliphatic hydroxyl groups excluding tert-OH is 1. The van der Waals surface area contributed by atoms with E-state index in [-0.39, 0.29) is 6.61 Å². The van der Waals surface area contributed by atoms with Crippen LogP contribution in [0.1, 0.15) is 31.0 Å². The first-order valence-corrected chi connectivity index (χ1v) is 7.82. The second kappa shape index (κ2) is 8.57. The Morgan fingerprint density at radius 1 is 1.28 bits per heavy atom. The Morgan fingerprint density at radius 2 is 2.00 bits per heavy atom. The van der Waals surface area contributed by atoms with Crippen LogP contribution in [-0.2, 0) is 0 Å². The molecule has 0 amide bonds. The average Bonchev–Trinajstić information content (AvgIpc) is 2.38. The highest BCUT2D eigenvalue weighted by Crippen LogP contribution is 2.22. The second-order valence-electron chi connectivity index (χ2n) is 4.79. The lowest BCUT2D eigenvalue weighted by atomic mass is 10.0. The number of benzene rings is 1. The van der Waals surface area contributed by atoms with Crippen LogP contribution in [0.15, 0.2) is 24.3 Å². The Kier molecular flexibility index (Phi) is 7.40. The van der Waals surface area contributed by atoms with Gasteiger partial charge in [-0.15, -0.1) is 0 Å². The Balaban J connectivity index is 2.57. The number of rotatable bonds is 8. The summed E-state index contributed by atoms with van der Waals surface area (Å²) in [6.07, 6.45) is 0. The highest BCUT2D eigenvalue weighted by molar-refractivity contribution is 7.99. The van der Waals surface area contributed by atoms with Gasteiger partial charge in [0.05, 0.1) is 0 Å². The standard InChI is InChI=1S/C15H25NOS/c1-4-16-15(11-18-10-12(2)9-17)14-8-6-5-7-13(14)3/h5-8,12,15-17H,4,9-11H2,1-3H3. The molecule has 2 atom stereocenters. The molecule has 0 heterocycles. The minimum absolute atomic E-state index is 0.281. The molecule has 0 saturated carbocycles. The van der Waals surface area contributed by atoms with Gasteiger partial charge in [0.25, 0.3) is 0 Å². The van der Waals surface area contributed by atoms with Gasteiger partial charge >= 0.3 is 0 Å². The molecule has 0 aliphatic heterocycles. The normalized spacial score (nSPS) is 14.4. The third-order valence-electron chi connectivity index (χ3n) is 3.01. The largest absolute Gasteiger partial charge is 0.396 e. The Labute approximate surface area is 115 Å². The number of thioether (sulfide) groups is 1. The summed E-state index contributed by atoms with van der Waals surface area (Å²) in [7, 11) is 0. The van der Waals surface area contributed by atoms with Crippen molar-refractivity contribution in [3.63, 3.8) is 0 Å². The Hall–Kier alpha value is -0.510. The van der Waals surface area contributed by atoms with Crippen molar-refractivity contribution in [1.82, 2.24) is 5.32 Å². The van der Waals surface area contributed by atoms with Gasteiger partial charge in [-0.05, 0) is 36.3 Å². The predicted molar refractivity (Wildman–Crippen MR) is 81.2 cm³/mol. The first kappa shape index (κ1) is 15.5. The van der Waals surface area contributed by atoms with Crippen LogP contribution in [0.4, 0.5) is 0 Å². The smallest absolute Gasteiger partial charge is 0.0464 e. The molecule has 1 aromatic carbocycles. The van der Waals surface area contributed by atoms with Gasteiger partial charge in [-0.1, -0.05) is 38.1 Å². The fourth-order valence-corrected chi connectivity index (χ4v) is 3.10. The molecule has 0 fully saturated rings. The van der Waals surface area contributed by atoms with Crippen LogP contribution in [0.3, 0.4) is 0 Å². The molecule has 2 unspecified atom stereocenters. The molecule has 0 saturated heterocycles. The zero-order valence-electron chi connectivity index (χ0n) is 11.6. The van der Waals surface area contributed by atoms with Crippen LogP contribution in [0, 0.1) is 12.8 Å². The summed E-state index contributed by atoms with van der Waals surface area (Å²) >= 11 is 1.92. The molecule has 0 aromatic heterocycles. The van der Waals surface area contributed by atoms with Gasteiger partial charge in [-0.3, -0.25) is 0 Å². The zero-order valence-corrected chi connectivity index (χ0v) is 12.5. The van der Waals surface area contributed by atoms with E-state index in [1.165, 1.54) is 11.1 Å². The SMILES string of the molecule is CCNC(CSCC(C)CO)c1ccccc1C. The number of nitrogens with one attached hydrogen (secondary N) is 1. The lowest BCUT2D eigenvalue weighted by Crippen LogP contribution is -2.24. The van der Waals surface area contributed by atoms with E-state index in [0.29, 0.717) is 12.0 Å². The monoisotopic (exact) mass is 267 g/mol. The highest BCUT2D eigenvalue weighted by Gasteiger charge is 2.12. The van der Waals surface area contributed by atoms with E-state index in [2.05, 4.69) is 50.4 Å². The van der Waals surface area contributed by atoms with Gasteiger partial charge in [0.2, 0.25) is 0 Å². The Morgan fingerprint density at radius 3 is 2.61 bits per heavy atom. The van der Waals surface area contributed by atoms with Crippen LogP contribution in [-0.4, -0.2) is 29.8 Å². The fourth-order valence-electron chi connectivity index (χ4n) is 1.92. The fraction of sp³-hybridized carbons (Fsp3) is 0.600. The lowest BCUT2D eigenvalue weighted by molar-refractivity contribution is 0.250. The van der Waals surface area contributed by atoms with E-state index in [1.54, 1.807) is 0 Å².